The minimum atomic E-state index is 0.579. The highest BCUT2D eigenvalue weighted by molar-refractivity contribution is 14.1. The van der Waals surface area contributed by atoms with Gasteiger partial charge in [-0.3, -0.25) is 4.98 Å². The Bertz CT molecular complexity index is 782. The second-order valence-corrected chi connectivity index (χ2v) is 6.61. The van der Waals surface area contributed by atoms with Crippen LogP contribution >= 0.6 is 34.2 Å². The number of imidazole rings is 1. The number of nitrogens with zero attached hydrogens (tertiary/aromatic N) is 3. The lowest BCUT2D eigenvalue weighted by atomic mass is 10.1. The quantitative estimate of drug-likeness (QED) is 0.476. The third-order valence-electron chi connectivity index (χ3n) is 3.57. The van der Waals surface area contributed by atoms with Gasteiger partial charge in [0, 0.05) is 34.8 Å². The van der Waals surface area contributed by atoms with E-state index in [4.69, 9.17) is 16.6 Å². The summed E-state index contributed by atoms with van der Waals surface area (Å²) in [5, 5.41) is 0. The lowest BCUT2D eigenvalue weighted by Gasteiger charge is -2.10. The van der Waals surface area contributed by atoms with E-state index in [2.05, 4.69) is 63.3 Å². The van der Waals surface area contributed by atoms with Gasteiger partial charge < -0.3 is 4.57 Å². The molecule has 2 heterocycles. The Kier molecular flexibility index (Phi) is 4.45. The number of alkyl halides is 1. The Hall–Kier alpha value is -1.14. The predicted molar refractivity (Wildman–Crippen MR) is 95.0 cm³/mol. The summed E-state index contributed by atoms with van der Waals surface area (Å²) in [6.45, 7) is 2.89. The van der Waals surface area contributed by atoms with E-state index < -0.39 is 0 Å². The number of pyridine rings is 1. The summed E-state index contributed by atoms with van der Waals surface area (Å²) in [5.41, 5.74) is 4.65. The van der Waals surface area contributed by atoms with Gasteiger partial charge in [-0.05, 0) is 64.9 Å². The van der Waals surface area contributed by atoms with Crippen molar-refractivity contribution in [2.75, 3.05) is 5.88 Å². The fraction of sp³-hybridized carbons (Fsp3) is 0.250. The van der Waals surface area contributed by atoms with E-state index in [9.17, 15) is 0 Å². The molecule has 2 aromatic heterocycles. The molecule has 0 fully saturated rings. The molecule has 0 amide bonds. The van der Waals surface area contributed by atoms with E-state index >= 15 is 0 Å². The SMILES string of the molecule is Cc1cnccc1Cn1c(CCCl)nc2cc(I)ccc21. The monoisotopic (exact) mass is 411 g/mol. The Balaban J connectivity index is 2.11. The number of hydrogen-bond acceptors (Lipinski definition) is 2. The molecule has 0 spiro atoms. The van der Waals surface area contributed by atoms with Crippen LogP contribution in [0, 0.1) is 10.5 Å². The van der Waals surface area contributed by atoms with Crippen molar-refractivity contribution in [2.24, 2.45) is 0 Å². The first-order chi connectivity index (χ1) is 10.2. The molecular formula is C16H15ClIN3. The number of rotatable bonds is 4. The first-order valence-electron chi connectivity index (χ1n) is 6.79. The maximum Gasteiger partial charge on any atom is 0.111 e. The van der Waals surface area contributed by atoms with E-state index in [1.807, 2.05) is 12.4 Å². The standard InChI is InChI=1S/C16H15ClIN3/c1-11-9-19-7-5-12(11)10-21-15-3-2-13(18)8-14(15)20-16(21)4-6-17/h2-3,5,7-9H,4,6,10H2,1H3. The van der Waals surface area contributed by atoms with Crippen LogP contribution in [-0.4, -0.2) is 20.4 Å². The van der Waals surface area contributed by atoms with Crippen LogP contribution in [0.25, 0.3) is 11.0 Å². The van der Waals surface area contributed by atoms with Crippen molar-refractivity contribution in [1.29, 1.82) is 0 Å². The number of fused-ring (bicyclic) bond motifs is 1. The van der Waals surface area contributed by atoms with Gasteiger partial charge in [-0.1, -0.05) is 0 Å². The smallest absolute Gasteiger partial charge is 0.111 e. The van der Waals surface area contributed by atoms with Crippen LogP contribution in [0.1, 0.15) is 17.0 Å². The highest BCUT2D eigenvalue weighted by Crippen LogP contribution is 2.21. The average Bonchev–Trinajstić information content (AvgIpc) is 2.79. The third-order valence-corrected chi connectivity index (χ3v) is 4.43. The Morgan fingerprint density at radius 3 is 2.90 bits per heavy atom. The molecule has 0 aliphatic carbocycles. The lowest BCUT2D eigenvalue weighted by Crippen LogP contribution is -2.07. The molecule has 3 nitrogen and oxygen atoms in total. The molecule has 0 radical (unpaired) electrons. The average molecular weight is 412 g/mol. The van der Waals surface area contributed by atoms with Gasteiger partial charge in [0.05, 0.1) is 11.0 Å². The molecule has 0 aliphatic heterocycles. The molecule has 1 aromatic carbocycles. The van der Waals surface area contributed by atoms with Gasteiger partial charge in [-0.15, -0.1) is 11.6 Å². The zero-order valence-corrected chi connectivity index (χ0v) is 14.6. The minimum absolute atomic E-state index is 0.579. The first kappa shape index (κ1) is 14.8. The Labute approximate surface area is 142 Å². The van der Waals surface area contributed by atoms with Crippen LogP contribution < -0.4 is 0 Å². The molecular weight excluding hydrogens is 397 g/mol. The molecule has 3 rings (SSSR count). The normalized spacial score (nSPS) is 11.2. The molecule has 21 heavy (non-hydrogen) atoms. The van der Waals surface area contributed by atoms with Crippen LogP contribution in [0.5, 0.6) is 0 Å². The maximum atomic E-state index is 5.94. The van der Waals surface area contributed by atoms with E-state index in [0.717, 1.165) is 29.8 Å². The van der Waals surface area contributed by atoms with Gasteiger partial charge in [-0.2, -0.15) is 0 Å². The topological polar surface area (TPSA) is 30.7 Å². The summed E-state index contributed by atoms with van der Waals surface area (Å²) in [6, 6.07) is 8.44. The van der Waals surface area contributed by atoms with Gasteiger partial charge >= 0.3 is 0 Å². The number of halogens is 2. The second-order valence-electron chi connectivity index (χ2n) is 4.99. The van der Waals surface area contributed by atoms with Crippen LogP contribution in [0.4, 0.5) is 0 Å². The van der Waals surface area contributed by atoms with Crippen molar-refractivity contribution < 1.29 is 0 Å². The molecule has 0 bridgehead atoms. The summed E-state index contributed by atoms with van der Waals surface area (Å²) in [4.78, 5) is 8.91. The van der Waals surface area contributed by atoms with Gasteiger partial charge in [0.1, 0.15) is 5.82 Å². The van der Waals surface area contributed by atoms with Crippen molar-refractivity contribution in [3.05, 3.63) is 57.2 Å². The van der Waals surface area contributed by atoms with Crippen molar-refractivity contribution in [3.63, 3.8) is 0 Å². The van der Waals surface area contributed by atoms with Crippen LogP contribution in [0.2, 0.25) is 0 Å². The van der Waals surface area contributed by atoms with E-state index in [-0.39, 0.29) is 0 Å². The Morgan fingerprint density at radius 1 is 1.29 bits per heavy atom. The van der Waals surface area contributed by atoms with E-state index in [1.165, 1.54) is 14.7 Å². The summed E-state index contributed by atoms with van der Waals surface area (Å²) < 4.78 is 3.46. The summed E-state index contributed by atoms with van der Waals surface area (Å²) >= 11 is 8.25. The predicted octanol–water partition coefficient (Wildman–Crippen LogP) is 4.17. The molecule has 5 heteroatoms. The largest absolute Gasteiger partial charge is 0.323 e. The molecule has 0 unspecified atom stereocenters. The summed E-state index contributed by atoms with van der Waals surface area (Å²) in [6.07, 6.45) is 4.52. The van der Waals surface area contributed by atoms with Crippen LogP contribution in [0.15, 0.2) is 36.7 Å². The molecule has 108 valence electrons. The van der Waals surface area contributed by atoms with Gasteiger partial charge in [-0.25, -0.2) is 4.98 Å². The van der Waals surface area contributed by atoms with E-state index in [0.29, 0.717) is 5.88 Å². The molecule has 0 atom stereocenters. The zero-order chi connectivity index (χ0) is 14.8. The fourth-order valence-electron chi connectivity index (χ4n) is 2.45. The maximum absolute atomic E-state index is 5.94. The van der Waals surface area contributed by atoms with Crippen molar-refractivity contribution in [1.82, 2.24) is 14.5 Å². The summed E-state index contributed by atoms with van der Waals surface area (Å²) in [5.74, 6) is 1.62. The second kappa shape index (κ2) is 6.32. The number of aromatic nitrogens is 3. The number of hydrogen-bond donors (Lipinski definition) is 0. The zero-order valence-electron chi connectivity index (χ0n) is 11.7. The number of aryl methyl sites for hydroxylation is 2. The fourth-order valence-corrected chi connectivity index (χ4v) is 3.10. The minimum Gasteiger partial charge on any atom is -0.323 e. The van der Waals surface area contributed by atoms with Crippen LogP contribution in [-0.2, 0) is 13.0 Å². The van der Waals surface area contributed by atoms with Gasteiger partial charge in [0.25, 0.3) is 0 Å². The lowest BCUT2D eigenvalue weighted by molar-refractivity contribution is 0.750. The molecule has 3 aromatic rings. The first-order valence-corrected chi connectivity index (χ1v) is 8.40. The van der Waals surface area contributed by atoms with Gasteiger partial charge in [0.2, 0.25) is 0 Å². The third kappa shape index (κ3) is 3.06. The Morgan fingerprint density at radius 2 is 2.14 bits per heavy atom. The highest BCUT2D eigenvalue weighted by atomic mass is 127. The van der Waals surface area contributed by atoms with E-state index in [1.54, 1.807) is 0 Å². The molecule has 0 saturated heterocycles. The van der Waals surface area contributed by atoms with Crippen LogP contribution in [0.3, 0.4) is 0 Å². The molecule has 0 saturated carbocycles. The van der Waals surface area contributed by atoms with Crippen molar-refractivity contribution in [3.8, 4) is 0 Å². The van der Waals surface area contributed by atoms with Gasteiger partial charge in [0.15, 0.2) is 0 Å². The molecule has 0 N–H and O–H groups in total. The van der Waals surface area contributed by atoms with Crippen molar-refractivity contribution in [2.45, 2.75) is 19.9 Å². The number of benzene rings is 1. The molecule has 0 aliphatic rings. The summed E-state index contributed by atoms with van der Waals surface area (Å²) in [7, 11) is 0. The highest BCUT2D eigenvalue weighted by Gasteiger charge is 2.12. The van der Waals surface area contributed by atoms with Crippen molar-refractivity contribution >= 4 is 45.2 Å².